The summed E-state index contributed by atoms with van der Waals surface area (Å²) in [7, 11) is 3.03. The van der Waals surface area contributed by atoms with Crippen LogP contribution in [0.2, 0.25) is 0 Å². The molecular formula is C14H16O4. The van der Waals surface area contributed by atoms with Crippen LogP contribution >= 0.6 is 0 Å². The Morgan fingerprint density at radius 2 is 1.94 bits per heavy atom. The Balaban J connectivity index is 2.18. The summed E-state index contributed by atoms with van der Waals surface area (Å²) in [6.07, 6.45) is 1.79. The van der Waals surface area contributed by atoms with E-state index in [0.29, 0.717) is 17.1 Å². The van der Waals surface area contributed by atoms with Gasteiger partial charge >= 0.3 is 0 Å². The van der Waals surface area contributed by atoms with Crippen LogP contribution in [0.1, 0.15) is 29.6 Å². The summed E-state index contributed by atoms with van der Waals surface area (Å²) >= 11 is 0. The molecule has 0 spiro atoms. The van der Waals surface area contributed by atoms with Crippen LogP contribution in [0, 0.1) is 5.92 Å². The molecule has 0 atom stereocenters. The molecular weight excluding hydrogens is 232 g/mol. The van der Waals surface area contributed by atoms with Crippen molar-refractivity contribution in [2.75, 3.05) is 14.2 Å². The molecule has 1 fully saturated rings. The van der Waals surface area contributed by atoms with Crippen molar-refractivity contribution in [1.29, 1.82) is 0 Å². The monoisotopic (exact) mass is 248 g/mol. The van der Waals surface area contributed by atoms with Gasteiger partial charge in [0.05, 0.1) is 26.2 Å². The van der Waals surface area contributed by atoms with Crippen molar-refractivity contribution in [2.45, 2.75) is 19.3 Å². The van der Waals surface area contributed by atoms with Gasteiger partial charge in [0.15, 0.2) is 5.78 Å². The van der Waals surface area contributed by atoms with Crippen molar-refractivity contribution in [2.24, 2.45) is 5.92 Å². The van der Waals surface area contributed by atoms with Gasteiger partial charge in [-0.15, -0.1) is 0 Å². The second kappa shape index (κ2) is 5.21. The number of rotatable bonds is 6. The summed E-state index contributed by atoms with van der Waals surface area (Å²) in [5.41, 5.74) is 0.408. The highest BCUT2D eigenvalue weighted by Crippen LogP contribution is 2.32. The van der Waals surface area contributed by atoms with E-state index in [0.717, 1.165) is 12.8 Å². The lowest BCUT2D eigenvalue weighted by molar-refractivity contribution is -0.119. The topological polar surface area (TPSA) is 52.6 Å². The third kappa shape index (κ3) is 2.70. The summed E-state index contributed by atoms with van der Waals surface area (Å²) in [5.74, 6) is 0.987. The maximum atomic E-state index is 12.1. The molecule has 1 aromatic carbocycles. The lowest BCUT2D eigenvalue weighted by atomic mass is 10.0. The third-order valence-electron chi connectivity index (χ3n) is 3.07. The highest BCUT2D eigenvalue weighted by molar-refractivity contribution is 6.10. The Morgan fingerprint density at radius 1 is 1.22 bits per heavy atom. The van der Waals surface area contributed by atoms with Gasteiger partial charge in [0.1, 0.15) is 17.3 Å². The molecule has 1 aliphatic carbocycles. The first-order valence-electron chi connectivity index (χ1n) is 5.93. The number of methoxy groups -OCH3 is 2. The van der Waals surface area contributed by atoms with Gasteiger partial charge in [0.2, 0.25) is 0 Å². The van der Waals surface area contributed by atoms with Crippen LogP contribution < -0.4 is 9.47 Å². The molecule has 18 heavy (non-hydrogen) atoms. The molecule has 0 saturated heterocycles. The van der Waals surface area contributed by atoms with Gasteiger partial charge in [-0.3, -0.25) is 9.59 Å². The van der Waals surface area contributed by atoms with Crippen LogP contribution in [-0.2, 0) is 4.79 Å². The SMILES string of the molecule is COc1ccc(OC)c(C(=O)CC(=O)C2CC2)c1. The van der Waals surface area contributed by atoms with Crippen molar-refractivity contribution >= 4 is 11.6 Å². The van der Waals surface area contributed by atoms with E-state index in [1.165, 1.54) is 14.2 Å². The van der Waals surface area contributed by atoms with Gasteiger partial charge in [-0.1, -0.05) is 0 Å². The minimum Gasteiger partial charge on any atom is -0.497 e. The van der Waals surface area contributed by atoms with Crippen LogP contribution in [0.15, 0.2) is 18.2 Å². The molecule has 0 radical (unpaired) electrons. The van der Waals surface area contributed by atoms with Crippen molar-refractivity contribution in [3.63, 3.8) is 0 Å². The summed E-state index contributed by atoms with van der Waals surface area (Å²) in [6.45, 7) is 0. The first-order valence-corrected chi connectivity index (χ1v) is 5.93. The minimum absolute atomic E-state index is 0.0323. The third-order valence-corrected chi connectivity index (χ3v) is 3.07. The van der Waals surface area contributed by atoms with E-state index in [1.54, 1.807) is 18.2 Å². The van der Waals surface area contributed by atoms with E-state index in [1.807, 2.05) is 0 Å². The van der Waals surface area contributed by atoms with Gasteiger partial charge in [0.25, 0.3) is 0 Å². The number of carbonyl (C=O) groups is 2. The molecule has 0 aliphatic heterocycles. The van der Waals surface area contributed by atoms with E-state index in [4.69, 9.17) is 9.47 Å². The summed E-state index contributed by atoms with van der Waals surface area (Å²) in [6, 6.07) is 5.01. The van der Waals surface area contributed by atoms with Gasteiger partial charge in [-0.2, -0.15) is 0 Å². The van der Waals surface area contributed by atoms with Crippen LogP contribution in [0.5, 0.6) is 11.5 Å². The Hall–Kier alpha value is -1.84. The predicted molar refractivity (Wildman–Crippen MR) is 66.2 cm³/mol. The number of Topliss-reactive ketones (excluding diaryl/α,β-unsaturated/α-hetero) is 2. The smallest absolute Gasteiger partial charge is 0.174 e. The Bertz CT molecular complexity index is 475. The fraction of sp³-hybridized carbons (Fsp3) is 0.429. The quantitative estimate of drug-likeness (QED) is 0.572. The maximum Gasteiger partial charge on any atom is 0.174 e. The van der Waals surface area contributed by atoms with Gasteiger partial charge < -0.3 is 9.47 Å². The summed E-state index contributed by atoms with van der Waals surface area (Å²) in [4.78, 5) is 23.7. The highest BCUT2D eigenvalue weighted by Gasteiger charge is 2.31. The molecule has 2 rings (SSSR count). The molecule has 0 N–H and O–H groups in total. The molecule has 96 valence electrons. The second-order valence-electron chi connectivity index (χ2n) is 4.41. The van der Waals surface area contributed by atoms with Crippen molar-refractivity contribution < 1.29 is 19.1 Å². The molecule has 1 aliphatic rings. The number of benzene rings is 1. The van der Waals surface area contributed by atoms with E-state index in [-0.39, 0.29) is 23.9 Å². The van der Waals surface area contributed by atoms with Crippen molar-refractivity contribution in [3.8, 4) is 11.5 Å². The molecule has 1 aromatic rings. The minimum atomic E-state index is -0.206. The molecule has 0 heterocycles. The number of ether oxygens (including phenoxy) is 2. The first-order chi connectivity index (χ1) is 8.65. The molecule has 0 amide bonds. The van der Waals surface area contributed by atoms with Crippen molar-refractivity contribution in [1.82, 2.24) is 0 Å². The lowest BCUT2D eigenvalue weighted by Gasteiger charge is -2.09. The van der Waals surface area contributed by atoms with Gasteiger partial charge in [-0.25, -0.2) is 0 Å². The van der Waals surface area contributed by atoms with Crippen LogP contribution in [0.4, 0.5) is 0 Å². The highest BCUT2D eigenvalue weighted by atomic mass is 16.5. The van der Waals surface area contributed by atoms with Crippen LogP contribution in [-0.4, -0.2) is 25.8 Å². The molecule has 0 unspecified atom stereocenters. The molecule has 4 heteroatoms. The molecule has 0 bridgehead atoms. The number of hydrogen-bond acceptors (Lipinski definition) is 4. The average Bonchev–Trinajstić information content (AvgIpc) is 3.22. The molecule has 0 aromatic heterocycles. The van der Waals surface area contributed by atoms with Crippen molar-refractivity contribution in [3.05, 3.63) is 23.8 Å². The summed E-state index contributed by atoms with van der Waals surface area (Å²) < 4.78 is 10.2. The first kappa shape index (κ1) is 12.6. The van der Waals surface area contributed by atoms with Crippen LogP contribution in [0.3, 0.4) is 0 Å². The standard InChI is InChI=1S/C14H16O4/c1-17-10-5-6-14(18-2)11(7-10)13(16)8-12(15)9-3-4-9/h5-7,9H,3-4,8H2,1-2H3. The van der Waals surface area contributed by atoms with E-state index in [9.17, 15) is 9.59 Å². The number of carbonyl (C=O) groups excluding carboxylic acids is 2. The number of hydrogen-bond donors (Lipinski definition) is 0. The fourth-order valence-electron chi connectivity index (χ4n) is 1.84. The molecule has 4 nitrogen and oxygen atoms in total. The van der Waals surface area contributed by atoms with Gasteiger partial charge in [-0.05, 0) is 31.0 Å². The summed E-state index contributed by atoms with van der Waals surface area (Å²) in [5, 5.41) is 0. The van der Waals surface area contributed by atoms with E-state index in [2.05, 4.69) is 0 Å². The Kier molecular flexibility index (Phi) is 3.65. The van der Waals surface area contributed by atoms with E-state index < -0.39 is 0 Å². The Labute approximate surface area is 106 Å². The number of ketones is 2. The zero-order valence-electron chi connectivity index (χ0n) is 10.6. The average molecular weight is 248 g/mol. The zero-order chi connectivity index (χ0) is 13.1. The molecule has 1 saturated carbocycles. The van der Waals surface area contributed by atoms with E-state index >= 15 is 0 Å². The normalized spacial score (nSPS) is 14.1. The Morgan fingerprint density at radius 3 is 2.50 bits per heavy atom. The van der Waals surface area contributed by atoms with Gasteiger partial charge in [0, 0.05) is 5.92 Å². The predicted octanol–water partition coefficient (Wildman–Crippen LogP) is 2.26. The second-order valence-corrected chi connectivity index (χ2v) is 4.41. The van der Waals surface area contributed by atoms with Crippen LogP contribution in [0.25, 0.3) is 0 Å². The fourth-order valence-corrected chi connectivity index (χ4v) is 1.84. The lowest BCUT2D eigenvalue weighted by Crippen LogP contribution is -2.11. The largest absolute Gasteiger partial charge is 0.497 e. The maximum absolute atomic E-state index is 12.1. The zero-order valence-corrected chi connectivity index (χ0v) is 10.6.